The fourth-order valence-corrected chi connectivity index (χ4v) is 1.13. The Kier molecular flexibility index (Phi) is 2.48. The lowest BCUT2D eigenvalue weighted by Gasteiger charge is -2.00. The van der Waals surface area contributed by atoms with Crippen LogP contribution in [0.25, 0.3) is 0 Å². The zero-order valence-electron chi connectivity index (χ0n) is 7.22. The van der Waals surface area contributed by atoms with Gasteiger partial charge in [-0.05, 0) is 31.4 Å². The molecule has 58 valence electrons. The summed E-state index contributed by atoms with van der Waals surface area (Å²) in [6, 6.07) is 0. The van der Waals surface area contributed by atoms with Crippen molar-refractivity contribution in [2.75, 3.05) is 0 Å². The van der Waals surface area contributed by atoms with Gasteiger partial charge in [0.05, 0.1) is 0 Å². The molecule has 0 heteroatoms. The highest BCUT2D eigenvalue weighted by Gasteiger charge is 2.00. The molecule has 0 aromatic rings. The molecule has 0 unspecified atom stereocenters. The monoisotopic (exact) mass is 146 g/mol. The summed E-state index contributed by atoms with van der Waals surface area (Å²) in [5.41, 5.74) is 3.80. The van der Waals surface area contributed by atoms with Crippen LogP contribution in [0.1, 0.15) is 20.3 Å². The minimum absolute atomic E-state index is 1.04. The van der Waals surface area contributed by atoms with E-state index in [4.69, 9.17) is 0 Å². The molecule has 1 rings (SSSR count). The molecule has 0 saturated heterocycles. The van der Waals surface area contributed by atoms with Crippen molar-refractivity contribution in [1.82, 2.24) is 0 Å². The number of allylic oxidation sites excluding steroid dienone is 7. The summed E-state index contributed by atoms with van der Waals surface area (Å²) in [6.45, 7) is 8.17. The molecule has 11 heavy (non-hydrogen) atoms. The third kappa shape index (κ3) is 2.23. The normalized spacial score (nSPS) is 14.5. The zero-order chi connectivity index (χ0) is 8.27. The smallest absolute Gasteiger partial charge is 0.00886 e. The van der Waals surface area contributed by atoms with Gasteiger partial charge in [-0.15, -0.1) is 0 Å². The Morgan fingerprint density at radius 3 is 2.73 bits per heavy atom. The molecule has 1 aliphatic carbocycles. The molecule has 0 spiro atoms. The van der Waals surface area contributed by atoms with Crippen molar-refractivity contribution in [2.45, 2.75) is 20.3 Å². The van der Waals surface area contributed by atoms with Crippen molar-refractivity contribution < 1.29 is 0 Å². The third-order valence-electron chi connectivity index (χ3n) is 1.65. The molecule has 0 heterocycles. The average molecular weight is 146 g/mol. The van der Waals surface area contributed by atoms with Crippen molar-refractivity contribution in [1.29, 1.82) is 0 Å². The second-order valence-corrected chi connectivity index (χ2v) is 3.07. The second-order valence-electron chi connectivity index (χ2n) is 3.07. The maximum Gasteiger partial charge on any atom is -0.00886 e. The van der Waals surface area contributed by atoms with Crippen molar-refractivity contribution in [3.63, 3.8) is 0 Å². The summed E-state index contributed by atoms with van der Waals surface area (Å²) < 4.78 is 0. The van der Waals surface area contributed by atoms with Crippen LogP contribution in [-0.2, 0) is 0 Å². The van der Waals surface area contributed by atoms with E-state index in [0.717, 1.165) is 12.0 Å². The summed E-state index contributed by atoms with van der Waals surface area (Å²) in [5, 5.41) is 0. The van der Waals surface area contributed by atoms with E-state index in [1.807, 2.05) is 0 Å². The van der Waals surface area contributed by atoms with Crippen LogP contribution in [0.4, 0.5) is 0 Å². The van der Waals surface area contributed by atoms with E-state index in [9.17, 15) is 0 Å². The van der Waals surface area contributed by atoms with Crippen molar-refractivity contribution in [3.05, 3.63) is 47.6 Å². The van der Waals surface area contributed by atoms with Gasteiger partial charge in [0.25, 0.3) is 0 Å². The van der Waals surface area contributed by atoms with Crippen LogP contribution < -0.4 is 0 Å². The molecule has 1 aliphatic rings. The predicted molar refractivity (Wildman–Crippen MR) is 50.4 cm³/mol. The van der Waals surface area contributed by atoms with Crippen molar-refractivity contribution >= 4 is 0 Å². The minimum Gasteiger partial charge on any atom is -0.0915 e. The van der Waals surface area contributed by atoms with E-state index < -0.39 is 0 Å². The Bertz CT molecular complexity index is 245. The van der Waals surface area contributed by atoms with Crippen LogP contribution in [0.3, 0.4) is 0 Å². The molecule has 0 N–H and O–H groups in total. The van der Waals surface area contributed by atoms with Crippen LogP contribution >= 0.6 is 0 Å². The molecule has 0 bridgehead atoms. The van der Waals surface area contributed by atoms with Gasteiger partial charge in [0.2, 0.25) is 0 Å². The first-order chi connectivity index (χ1) is 5.20. The molecule has 0 amide bonds. The lowest BCUT2D eigenvalue weighted by Crippen LogP contribution is -1.80. The fourth-order valence-electron chi connectivity index (χ4n) is 1.13. The summed E-state index contributed by atoms with van der Waals surface area (Å²) >= 11 is 0. The van der Waals surface area contributed by atoms with Gasteiger partial charge in [0, 0.05) is 0 Å². The van der Waals surface area contributed by atoms with Crippen LogP contribution in [-0.4, -0.2) is 0 Å². The molecule has 0 nitrogen and oxygen atoms in total. The van der Waals surface area contributed by atoms with Crippen LogP contribution in [0, 0.1) is 0 Å². The standard InChI is InChI=1S/C11H14/c1-9(2)8-10(3)11-6-4-5-7-11/h4-6,8H,3,7H2,1-2H3. The van der Waals surface area contributed by atoms with Crippen molar-refractivity contribution in [2.24, 2.45) is 0 Å². The van der Waals surface area contributed by atoms with Crippen LogP contribution in [0.15, 0.2) is 47.6 Å². The van der Waals surface area contributed by atoms with Crippen LogP contribution in [0.5, 0.6) is 0 Å². The second kappa shape index (κ2) is 3.38. The first kappa shape index (κ1) is 8.06. The van der Waals surface area contributed by atoms with Crippen molar-refractivity contribution in [3.8, 4) is 0 Å². The van der Waals surface area contributed by atoms with Gasteiger partial charge in [-0.1, -0.05) is 36.5 Å². The SMILES string of the molecule is C=C(C=C(C)C)C1=CC=CC1. The highest BCUT2D eigenvalue weighted by Crippen LogP contribution is 2.19. The highest BCUT2D eigenvalue weighted by molar-refractivity contribution is 5.44. The Morgan fingerprint density at radius 2 is 2.27 bits per heavy atom. The fraction of sp³-hybridized carbons (Fsp3) is 0.273. The topological polar surface area (TPSA) is 0 Å². The van der Waals surface area contributed by atoms with E-state index in [0.29, 0.717) is 0 Å². The van der Waals surface area contributed by atoms with E-state index >= 15 is 0 Å². The molecule has 0 aromatic heterocycles. The van der Waals surface area contributed by atoms with Gasteiger partial charge in [-0.3, -0.25) is 0 Å². The molecule has 0 saturated carbocycles. The molecule has 0 aliphatic heterocycles. The lowest BCUT2D eigenvalue weighted by atomic mass is 10.1. The summed E-state index contributed by atoms with van der Waals surface area (Å²) in [5.74, 6) is 0. The van der Waals surface area contributed by atoms with Gasteiger partial charge in [-0.2, -0.15) is 0 Å². The zero-order valence-corrected chi connectivity index (χ0v) is 7.22. The molecule has 0 fully saturated rings. The van der Waals surface area contributed by atoms with Gasteiger partial charge in [0.15, 0.2) is 0 Å². The third-order valence-corrected chi connectivity index (χ3v) is 1.65. The Morgan fingerprint density at radius 1 is 1.55 bits per heavy atom. The van der Waals surface area contributed by atoms with E-state index in [2.05, 4.69) is 44.7 Å². The summed E-state index contributed by atoms with van der Waals surface area (Å²) in [7, 11) is 0. The average Bonchev–Trinajstić information content (AvgIpc) is 2.35. The largest absolute Gasteiger partial charge is 0.0915 e. The van der Waals surface area contributed by atoms with Crippen LogP contribution in [0.2, 0.25) is 0 Å². The Hall–Kier alpha value is -1.04. The van der Waals surface area contributed by atoms with E-state index in [-0.39, 0.29) is 0 Å². The first-order valence-corrected chi connectivity index (χ1v) is 3.90. The molecule has 0 atom stereocenters. The molecular weight excluding hydrogens is 132 g/mol. The van der Waals surface area contributed by atoms with E-state index in [1.165, 1.54) is 11.1 Å². The lowest BCUT2D eigenvalue weighted by molar-refractivity contribution is 1.27. The highest BCUT2D eigenvalue weighted by atomic mass is 14.1. The molecular formula is C11H14. The molecule has 0 aromatic carbocycles. The maximum atomic E-state index is 3.99. The minimum atomic E-state index is 1.04. The van der Waals surface area contributed by atoms with Gasteiger partial charge < -0.3 is 0 Å². The van der Waals surface area contributed by atoms with Gasteiger partial charge in [0.1, 0.15) is 0 Å². The number of hydrogen-bond acceptors (Lipinski definition) is 0. The maximum absolute atomic E-state index is 3.99. The summed E-state index contributed by atoms with van der Waals surface area (Å²) in [6.07, 6.45) is 9.53. The number of rotatable bonds is 2. The Labute approximate surface area is 68.6 Å². The Balaban J connectivity index is 2.64. The summed E-state index contributed by atoms with van der Waals surface area (Å²) in [4.78, 5) is 0. The van der Waals surface area contributed by atoms with Gasteiger partial charge in [-0.25, -0.2) is 0 Å². The van der Waals surface area contributed by atoms with Gasteiger partial charge >= 0.3 is 0 Å². The first-order valence-electron chi connectivity index (χ1n) is 3.90. The number of hydrogen-bond donors (Lipinski definition) is 0. The van der Waals surface area contributed by atoms with E-state index in [1.54, 1.807) is 0 Å². The quantitative estimate of drug-likeness (QED) is 0.524. The predicted octanol–water partition coefficient (Wildman–Crippen LogP) is 3.40. The molecule has 0 radical (unpaired) electrons.